The zero-order valence-electron chi connectivity index (χ0n) is 17.0. The Morgan fingerprint density at radius 2 is 1.91 bits per heavy atom. The Labute approximate surface area is 188 Å². The van der Waals surface area contributed by atoms with Crippen molar-refractivity contribution in [2.75, 3.05) is 10.6 Å². The van der Waals surface area contributed by atoms with Crippen molar-refractivity contribution >= 4 is 50.9 Å². The summed E-state index contributed by atoms with van der Waals surface area (Å²) in [5, 5.41) is 8.13. The van der Waals surface area contributed by atoms with Crippen molar-refractivity contribution in [3.63, 3.8) is 0 Å². The van der Waals surface area contributed by atoms with Gasteiger partial charge in [-0.25, -0.2) is 19.9 Å². The topological polar surface area (TPSA) is 108 Å². The van der Waals surface area contributed by atoms with Gasteiger partial charge in [0, 0.05) is 11.1 Å². The molecule has 0 spiro atoms. The summed E-state index contributed by atoms with van der Waals surface area (Å²) in [5.74, 6) is 0.268. The normalized spacial score (nSPS) is 12.1. The highest BCUT2D eigenvalue weighted by Crippen LogP contribution is 2.30. The molecular formula is C23H18ClN7O. The van der Waals surface area contributed by atoms with E-state index >= 15 is 0 Å². The number of fused-ring (bicyclic) bond motifs is 2. The summed E-state index contributed by atoms with van der Waals surface area (Å²) in [6, 6.07) is 16.4. The van der Waals surface area contributed by atoms with Gasteiger partial charge in [-0.3, -0.25) is 4.79 Å². The Morgan fingerprint density at radius 1 is 1.06 bits per heavy atom. The molecule has 0 radical (unpaired) electrons. The Balaban J connectivity index is 1.55. The number of para-hydroxylation sites is 1. The highest BCUT2D eigenvalue weighted by atomic mass is 35.5. The fourth-order valence-electron chi connectivity index (χ4n) is 3.54. The van der Waals surface area contributed by atoms with E-state index in [1.807, 2.05) is 55.5 Å². The molecule has 3 heterocycles. The molecule has 1 atom stereocenters. The van der Waals surface area contributed by atoms with Crippen LogP contribution in [0.25, 0.3) is 21.9 Å². The number of nitrogens with zero attached hydrogens (tertiary/aromatic N) is 4. The van der Waals surface area contributed by atoms with Gasteiger partial charge in [0.05, 0.1) is 23.1 Å². The molecule has 0 saturated carbocycles. The van der Waals surface area contributed by atoms with Gasteiger partial charge < -0.3 is 15.6 Å². The number of nitrogens with one attached hydrogen (secondary N) is 3. The highest BCUT2D eigenvalue weighted by Gasteiger charge is 2.20. The fourth-order valence-corrected chi connectivity index (χ4v) is 3.81. The first-order valence-corrected chi connectivity index (χ1v) is 10.3. The minimum Gasteiger partial charge on any atom is -0.360 e. The number of carbonyl (C=O) groups is 1. The van der Waals surface area contributed by atoms with E-state index in [9.17, 15) is 4.79 Å². The van der Waals surface area contributed by atoms with Crippen molar-refractivity contribution in [1.82, 2.24) is 24.9 Å². The Hall–Kier alpha value is -4.04. The maximum Gasteiger partial charge on any atom is 0.274 e. The van der Waals surface area contributed by atoms with E-state index in [2.05, 4.69) is 30.6 Å². The fraction of sp³-hybridized carbons (Fsp3) is 0.0870. The zero-order valence-corrected chi connectivity index (χ0v) is 17.8. The Morgan fingerprint density at radius 3 is 2.75 bits per heavy atom. The number of aromatic nitrogens is 5. The lowest BCUT2D eigenvalue weighted by molar-refractivity contribution is 0.102. The van der Waals surface area contributed by atoms with Crippen molar-refractivity contribution in [1.29, 1.82) is 0 Å². The van der Waals surface area contributed by atoms with Crippen LogP contribution in [0.3, 0.4) is 0 Å². The second-order valence-electron chi connectivity index (χ2n) is 7.24. The van der Waals surface area contributed by atoms with Gasteiger partial charge in [-0.15, -0.1) is 0 Å². The molecule has 32 heavy (non-hydrogen) atoms. The predicted octanol–water partition coefficient (Wildman–Crippen LogP) is 4.98. The van der Waals surface area contributed by atoms with E-state index in [1.54, 1.807) is 12.4 Å². The number of aromatic amines is 1. The summed E-state index contributed by atoms with van der Waals surface area (Å²) in [5.41, 5.74) is 2.87. The molecule has 0 aliphatic heterocycles. The summed E-state index contributed by atoms with van der Waals surface area (Å²) in [4.78, 5) is 33.5. The van der Waals surface area contributed by atoms with Crippen molar-refractivity contribution in [3.05, 3.63) is 83.7 Å². The smallest absolute Gasteiger partial charge is 0.274 e. The highest BCUT2D eigenvalue weighted by molar-refractivity contribution is 6.37. The van der Waals surface area contributed by atoms with E-state index in [0.29, 0.717) is 38.8 Å². The van der Waals surface area contributed by atoms with Crippen LogP contribution >= 0.6 is 11.6 Å². The summed E-state index contributed by atoms with van der Waals surface area (Å²) in [6.07, 6.45) is 3.02. The summed E-state index contributed by atoms with van der Waals surface area (Å²) in [7, 11) is 0. The van der Waals surface area contributed by atoms with Gasteiger partial charge in [-0.05, 0) is 36.6 Å². The molecule has 0 bridgehead atoms. The number of hydrogen-bond donors (Lipinski definition) is 3. The Bertz CT molecular complexity index is 1430. The van der Waals surface area contributed by atoms with E-state index in [-0.39, 0.29) is 17.6 Å². The average molecular weight is 444 g/mol. The first-order chi connectivity index (χ1) is 15.6. The molecule has 1 unspecified atom stereocenters. The number of hydrogen-bond acceptors (Lipinski definition) is 6. The minimum absolute atomic E-state index is 0.259. The molecule has 5 rings (SSSR count). The lowest BCUT2D eigenvalue weighted by Crippen LogP contribution is -2.17. The first-order valence-electron chi connectivity index (χ1n) is 9.96. The SMILES string of the molecule is CC(Nc1ncnc2nc[nH]c12)c1cc2cccc(Cl)c2c(C(=O)Nc2ccccc2)n1. The lowest BCUT2D eigenvalue weighted by atomic mass is 10.1. The average Bonchev–Trinajstić information content (AvgIpc) is 3.29. The maximum absolute atomic E-state index is 13.2. The van der Waals surface area contributed by atoms with E-state index in [1.165, 1.54) is 6.33 Å². The molecule has 8 nitrogen and oxygen atoms in total. The van der Waals surface area contributed by atoms with Gasteiger partial charge >= 0.3 is 0 Å². The van der Waals surface area contributed by atoms with Crippen LogP contribution in [0.15, 0.2) is 67.3 Å². The standard InChI is InChI=1S/C23H18ClN7O/c1-13(29-22-20-21(26-11-25-20)27-12-28-22)17-10-14-6-5-9-16(24)18(14)19(31-17)23(32)30-15-7-3-2-4-8-15/h2-13H,1H3,(H,30,32)(H2,25,26,27,28,29). The van der Waals surface area contributed by atoms with Crippen LogP contribution < -0.4 is 10.6 Å². The van der Waals surface area contributed by atoms with Crippen LogP contribution in [0.4, 0.5) is 11.5 Å². The van der Waals surface area contributed by atoms with Crippen molar-refractivity contribution < 1.29 is 4.79 Å². The molecule has 0 aliphatic rings. The van der Waals surface area contributed by atoms with Crippen LogP contribution in [0, 0.1) is 0 Å². The van der Waals surface area contributed by atoms with E-state index in [4.69, 9.17) is 16.6 Å². The molecule has 3 aromatic heterocycles. The van der Waals surface area contributed by atoms with Gasteiger partial charge in [-0.1, -0.05) is 41.9 Å². The van der Waals surface area contributed by atoms with Crippen LogP contribution in [0.2, 0.25) is 5.02 Å². The first kappa shape index (κ1) is 19.9. The van der Waals surface area contributed by atoms with Gasteiger partial charge in [0.1, 0.15) is 17.5 Å². The second-order valence-corrected chi connectivity index (χ2v) is 7.65. The Kier molecular flexibility index (Phi) is 5.12. The van der Waals surface area contributed by atoms with E-state index in [0.717, 1.165) is 5.39 Å². The molecule has 5 aromatic rings. The second kappa shape index (κ2) is 8.24. The van der Waals surface area contributed by atoms with Crippen molar-refractivity contribution in [2.24, 2.45) is 0 Å². The molecule has 0 aliphatic carbocycles. The largest absolute Gasteiger partial charge is 0.360 e. The third-order valence-corrected chi connectivity index (χ3v) is 5.41. The maximum atomic E-state index is 13.2. The van der Waals surface area contributed by atoms with Crippen molar-refractivity contribution in [3.8, 4) is 0 Å². The molecule has 0 saturated heterocycles. The van der Waals surface area contributed by atoms with Gasteiger partial charge in [0.2, 0.25) is 0 Å². The lowest BCUT2D eigenvalue weighted by Gasteiger charge is -2.17. The number of halogens is 1. The molecule has 2 aromatic carbocycles. The quantitative estimate of drug-likeness (QED) is 0.353. The molecule has 9 heteroatoms. The zero-order chi connectivity index (χ0) is 22.1. The third-order valence-electron chi connectivity index (χ3n) is 5.09. The molecule has 3 N–H and O–H groups in total. The summed E-state index contributed by atoms with van der Waals surface area (Å²) in [6.45, 7) is 1.95. The monoisotopic (exact) mass is 443 g/mol. The van der Waals surface area contributed by atoms with Crippen LogP contribution in [0.1, 0.15) is 29.1 Å². The number of anilines is 2. The van der Waals surface area contributed by atoms with Crippen molar-refractivity contribution in [2.45, 2.75) is 13.0 Å². The number of imidazole rings is 1. The number of rotatable bonds is 5. The number of H-pyrrole nitrogens is 1. The summed E-state index contributed by atoms with van der Waals surface area (Å²) < 4.78 is 0. The van der Waals surface area contributed by atoms with Crippen LogP contribution in [-0.2, 0) is 0 Å². The van der Waals surface area contributed by atoms with Gasteiger partial charge in [0.15, 0.2) is 11.5 Å². The predicted molar refractivity (Wildman–Crippen MR) is 125 cm³/mol. The van der Waals surface area contributed by atoms with E-state index < -0.39 is 0 Å². The molecule has 1 amide bonds. The van der Waals surface area contributed by atoms with Crippen LogP contribution in [0.5, 0.6) is 0 Å². The number of carbonyl (C=O) groups excluding carboxylic acids is 1. The summed E-state index contributed by atoms with van der Waals surface area (Å²) >= 11 is 6.46. The van der Waals surface area contributed by atoms with Gasteiger partial charge in [0.25, 0.3) is 5.91 Å². The number of benzene rings is 2. The molecule has 0 fully saturated rings. The number of amides is 1. The van der Waals surface area contributed by atoms with Gasteiger partial charge in [-0.2, -0.15) is 0 Å². The molecule has 158 valence electrons. The molecular weight excluding hydrogens is 426 g/mol. The van der Waals surface area contributed by atoms with Crippen LogP contribution in [-0.4, -0.2) is 30.8 Å². The number of pyridine rings is 1. The minimum atomic E-state index is -0.332. The third kappa shape index (κ3) is 3.72.